The highest BCUT2D eigenvalue weighted by Crippen LogP contribution is 2.15. The number of carbonyl (C=O) groups is 1. The van der Waals surface area contributed by atoms with Gasteiger partial charge in [-0.2, -0.15) is 0 Å². The van der Waals surface area contributed by atoms with E-state index in [0.29, 0.717) is 17.0 Å². The Morgan fingerprint density at radius 3 is 3.12 bits per heavy atom. The molecular formula is C10H11FN4O2. The number of hydrogen-bond donors (Lipinski definition) is 4. The molecule has 7 heteroatoms. The van der Waals surface area contributed by atoms with E-state index < -0.39 is 12.0 Å². The zero-order valence-corrected chi connectivity index (χ0v) is 8.77. The number of nitrogens with two attached hydrogens (primary N) is 1. The van der Waals surface area contributed by atoms with E-state index in [1.165, 1.54) is 18.2 Å². The predicted molar refractivity (Wildman–Crippen MR) is 59.7 cm³/mol. The van der Waals surface area contributed by atoms with Crippen LogP contribution in [0.2, 0.25) is 0 Å². The van der Waals surface area contributed by atoms with E-state index in [4.69, 9.17) is 10.8 Å². The maximum absolute atomic E-state index is 12.9. The number of anilines is 1. The van der Waals surface area contributed by atoms with Gasteiger partial charge in [-0.1, -0.05) is 0 Å². The van der Waals surface area contributed by atoms with E-state index in [0.717, 1.165) is 0 Å². The maximum Gasteiger partial charge on any atom is 0.248 e. The Morgan fingerprint density at radius 2 is 2.41 bits per heavy atom. The van der Waals surface area contributed by atoms with E-state index in [9.17, 15) is 9.18 Å². The highest BCUT2D eigenvalue weighted by molar-refractivity contribution is 5.80. The molecule has 1 atom stereocenters. The van der Waals surface area contributed by atoms with E-state index in [-0.39, 0.29) is 12.4 Å². The molecule has 1 unspecified atom stereocenters. The third-order valence-electron chi connectivity index (χ3n) is 2.24. The minimum atomic E-state index is -1.29. The number of benzene rings is 1. The van der Waals surface area contributed by atoms with Crippen LogP contribution in [0.5, 0.6) is 0 Å². The maximum atomic E-state index is 12.9. The molecule has 1 aromatic carbocycles. The molecule has 17 heavy (non-hydrogen) atoms. The van der Waals surface area contributed by atoms with Crippen LogP contribution in [0.15, 0.2) is 18.2 Å². The van der Waals surface area contributed by atoms with E-state index in [1.807, 2.05) is 0 Å². The van der Waals surface area contributed by atoms with Crippen LogP contribution < -0.4 is 11.1 Å². The number of nitrogens with zero attached hydrogens (tertiary/aromatic N) is 1. The lowest BCUT2D eigenvalue weighted by Gasteiger charge is -2.06. The largest absolute Gasteiger partial charge is 0.381 e. The molecule has 0 radical (unpaired) electrons. The smallest absolute Gasteiger partial charge is 0.248 e. The second-order valence-corrected chi connectivity index (χ2v) is 3.55. The Hall–Kier alpha value is -2.15. The number of aliphatic hydroxyl groups excluding tert-OH is 1. The van der Waals surface area contributed by atoms with Crippen LogP contribution in [0.4, 0.5) is 10.3 Å². The summed E-state index contributed by atoms with van der Waals surface area (Å²) in [6, 6.07) is 4.13. The average Bonchev–Trinajstić information content (AvgIpc) is 2.67. The summed E-state index contributed by atoms with van der Waals surface area (Å²) in [5.74, 6) is -0.851. The number of halogens is 1. The number of hydrogen-bond acceptors (Lipinski definition) is 4. The lowest BCUT2D eigenvalue weighted by molar-refractivity contribution is -0.125. The van der Waals surface area contributed by atoms with Gasteiger partial charge in [-0.15, -0.1) is 0 Å². The number of fused-ring (bicyclic) bond motifs is 1. The van der Waals surface area contributed by atoms with Crippen molar-refractivity contribution >= 4 is 22.9 Å². The third kappa shape index (κ3) is 2.51. The average molecular weight is 238 g/mol. The van der Waals surface area contributed by atoms with Crippen molar-refractivity contribution in [2.24, 2.45) is 5.73 Å². The van der Waals surface area contributed by atoms with Crippen molar-refractivity contribution < 1.29 is 14.3 Å². The molecule has 0 aliphatic heterocycles. The van der Waals surface area contributed by atoms with E-state index >= 15 is 0 Å². The van der Waals surface area contributed by atoms with Gasteiger partial charge in [0, 0.05) is 0 Å². The summed E-state index contributed by atoms with van der Waals surface area (Å²) in [7, 11) is 0. The quantitative estimate of drug-likeness (QED) is 0.600. The summed E-state index contributed by atoms with van der Waals surface area (Å²) in [5, 5.41) is 11.9. The normalized spacial score (nSPS) is 12.6. The number of rotatable bonds is 4. The molecule has 0 aliphatic carbocycles. The molecule has 2 rings (SSSR count). The number of aromatic amines is 1. The fraction of sp³-hybridized carbons (Fsp3) is 0.200. The van der Waals surface area contributed by atoms with Gasteiger partial charge >= 0.3 is 0 Å². The number of imidazole rings is 1. The molecule has 0 saturated carbocycles. The van der Waals surface area contributed by atoms with Gasteiger partial charge in [-0.25, -0.2) is 9.37 Å². The van der Waals surface area contributed by atoms with Gasteiger partial charge in [0.05, 0.1) is 17.6 Å². The van der Waals surface area contributed by atoms with Crippen molar-refractivity contribution in [1.29, 1.82) is 0 Å². The summed E-state index contributed by atoms with van der Waals surface area (Å²) in [4.78, 5) is 17.5. The molecule has 0 bridgehead atoms. The topological polar surface area (TPSA) is 104 Å². The Labute approximate surface area is 95.6 Å². The number of aliphatic hydroxyl groups is 1. The summed E-state index contributed by atoms with van der Waals surface area (Å²) >= 11 is 0. The first-order chi connectivity index (χ1) is 8.06. The van der Waals surface area contributed by atoms with Crippen molar-refractivity contribution in [3.8, 4) is 0 Å². The molecule has 1 aromatic heterocycles. The minimum Gasteiger partial charge on any atom is -0.381 e. The van der Waals surface area contributed by atoms with Gasteiger partial charge in [0.1, 0.15) is 11.9 Å². The van der Waals surface area contributed by atoms with Crippen LogP contribution >= 0.6 is 0 Å². The van der Waals surface area contributed by atoms with Gasteiger partial charge in [-0.05, 0) is 18.2 Å². The Balaban J connectivity index is 2.12. The lowest BCUT2D eigenvalue weighted by atomic mass is 10.3. The van der Waals surface area contributed by atoms with E-state index in [1.54, 1.807) is 0 Å². The molecule has 90 valence electrons. The molecular weight excluding hydrogens is 227 g/mol. The molecule has 0 spiro atoms. The summed E-state index contributed by atoms with van der Waals surface area (Å²) in [5.41, 5.74) is 6.00. The van der Waals surface area contributed by atoms with Crippen molar-refractivity contribution in [1.82, 2.24) is 9.97 Å². The zero-order chi connectivity index (χ0) is 12.4. The highest BCUT2D eigenvalue weighted by atomic mass is 19.1. The standard InChI is InChI=1S/C10H11FN4O2/c11-5-1-2-6-7(3-5)15-10(14-6)13-4-8(16)9(12)17/h1-3,8,16H,4H2,(H2,12,17)(H2,13,14,15). The first kappa shape index (κ1) is 11.3. The third-order valence-corrected chi connectivity index (χ3v) is 2.24. The van der Waals surface area contributed by atoms with E-state index in [2.05, 4.69) is 15.3 Å². The Kier molecular flexibility index (Phi) is 2.92. The number of carbonyl (C=O) groups excluding carboxylic acids is 1. The van der Waals surface area contributed by atoms with Gasteiger partial charge in [0.25, 0.3) is 0 Å². The summed E-state index contributed by atoms with van der Waals surface area (Å²) in [6.45, 7) is -0.0579. The van der Waals surface area contributed by atoms with Gasteiger partial charge in [0.15, 0.2) is 0 Å². The summed E-state index contributed by atoms with van der Waals surface area (Å²) in [6.07, 6.45) is -1.29. The van der Waals surface area contributed by atoms with Gasteiger partial charge in [0.2, 0.25) is 11.9 Å². The number of aromatic nitrogens is 2. The Morgan fingerprint density at radius 1 is 1.65 bits per heavy atom. The number of nitrogens with one attached hydrogen (secondary N) is 2. The van der Waals surface area contributed by atoms with Crippen molar-refractivity contribution in [3.05, 3.63) is 24.0 Å². The molecule has 0 aliphatic rings. The molecule has 1 amide bonds. The Bertz CT molecular complexity index is 554. The minimum absolute atomic E-state index is 0.0579. The van der Waals surface area contributed by atoms with Crippen molar-refractivity contribution in [3.63, 3.8) is 0 Å². The number of primary amides is 1. The van der Waals surface area contributed by atoms with Crippen molar-refractivity contribution in [2.75, 3.05) is 11.9 Å². The second-order valence-electron chi connectivity index (χ2n) is 3.55. The molecule has 1 heterocycles. The van der Waals surface area contributed by atoms with Crippen LogP contribution in [0.25, 0.3) is 11.0 Å². The van der Waals surface area contributed by atoms with Crippen LogP contribution in [0.3, 0.4) is 0 Å². The second kappa shape index (κ2) is 4.38. The molecule has 5 N–H and O–H groups in total. The van der Waals surface area contributed by atoms with Crippen LogP contribution in [-0.4, -0.2) is 33.6 Å². The van der Waals surface area contributed by atoms with Gasteiger partial charge in [-0.3, -0.25) is 4.79 Å². The lowest BCUT2D eigenvalue weighted by Crippen LogP contribution is -2.34. The summed E-state index contributed by atoms with van der Waals surface area (Å²) < 4.78 is 12.9. The molecule has 0 fully saturated rings. The highest BCUT2D eigenvalue weighted by Gasteiger charge is 2.11. The fourth-order valence-electron chi connectivity index (χ4n) is 1.36. The monoisotopic (exact) mass is 238 g/mol. The molecule has 2 aromatic rings. The molecule has 0 saturated heterocycles. The zero-order valence-electron chi connectivity index (χ0n) is 8.77. The fourth-order valence-corrected chi connectivity index (χ4v) is 1.36. The molecule has 6 nitrogen and oxygen atoms in total. The first-order valence-corrected chi connectivity index (χ1v) is 4.93. The van der Waals surface area contributed by atoms with Crippen molar-refractivity contribution in [2.45, 2.75) is 6.10 Å². The van der Waals surface area contributed by atoms with Crippen LogP contribution in [0.1, 0.15) is 0 Å². The predicted octanol–water partition coefficient (Wildman–Crippen LogP) is -0.0399. The van der Waals surface area contributed by atoms with Gasteiger partial charge < -0.3 is 21.1 Å². The number of amides is 1. The van der Waals surface area contributed by atoms with Crippen LogP contribution in [0, 0.1) is 5.82 Å². The van der Waals surface area contributed by atoms with Crippen LogP contribution in [-0.2, 0) is 4.79 Å². The SMILES string of the molecule is NC(=O)C(O)CNc1nc2ccc(F)cc2[nH]1. The number of H-pyrrole nitrogens is 1. The first-order valence-electron chi connectivity index (χ1n) is 4.93.